The average molecular weight is 859 g/mol. The molecule has 4 aromatic carbocycles. The van der Waals surface area contributed by atoms with E-state index in [0.29, 0.717) is 11.8 Å². The van der Waals surface area contributed by atoms with Crippen LogP contribution in [0.1, 0.15) is 104 Å². The maximum absolute atomic E-state index is 12.0. The number of benzene rings is 4. The predicted molar refractivity (Wildman–Crippen MR) is 214 cm³/mol. The number of carbonyl (C=O) groups excluding carboxylic acids is 1. The van der Waals surface area contributed by atoms with Crippen molar-refractivity contribution in [3.8, 4) is 11.3 Å². The summed E-state index contributed by atoms with van der Waals surface area (Å²) in [7, 11) is 3.90. The summed E-state index contributed by atoms with van der Waals surface area (Å²) in [6.07, 6.45) is 5.72. The van der Waals surface area contributed by atoms with E-state index >= 15 is 0 Å². The van der Waals surface area contributed by atoms with Gasteiger partial charge in [-0.2, -0.15) is 5.70 Å². The Morgan fingerprint density at radius 1 is 0.804 bits per heavy atom. The molecule has 5 nitrogen and oxygen atoms in total. The smallest absolute Gasteiger partial charge is 0.157 e. The van der Waals surface area contributed by atoms with Crippen molar-refractivity contribution in [2.75, 3.05) is 7.05 Å². The molecule has 6 heteroatoms. The molecule has 0 bridgehead atoms. The van der Waals surface area contributed by atoms with Gasteiger partial charge in [0.25, 0.3) is 0 Å². The standard InChI is InChI=1S/C31H28N3.C14H27NO.Ir/c1-18(2)22-14-15-25(24-13-9-8-12-23(22)24)29-28-26-16-20-10-6-7-11-21(20)17-27(26)34(5)31(28)33-30(32-29)19(3)4;1-6-11(7-2)13(15-5)10-14(16)12(8-3)9-4;/h6-14,16-19H,1-5H3;10-12H,6-9H2,1-5H3,(H,15,16);/q-1;;/p-1. The molecule has 2 heterocycles. The zero-order valence-corrected chi connectivity index (χ0v) is 34.5. The molecule has 0 N–H and O–H groups in total. The van der Waals surface area contributed by atoms with E-state index < -0.39 is 0 Å². The van der Waals surface area contributed by atoms with E-state index in [1.807, 2.05) is 0 Å². The van der Waals surface area contributed by atoms with Crippen molar-refractivity contribution in [1.82, 2.24) is 14.5 Å². The van der Waals surface area contributed by atoms with Gasteiger partial charge in [-0.1, -0.05) is 133 Å². The molecule has 1 radical (unpaired) electrons. The molecule has 0 aliphatic rings. The summed E-state index contributed by atoms with van der Waals surface area (Å²) in [6, 6.07) is 27.6. The second-order valence-corrected chi connectivity index (χ2v) is 14.1. The fourth-order valence-corrected chi connectivity index (χ4v) is 7.17. The molecule has 2 aromatic heterocycles. The molecule has 0 aliphatic heterocycles. The summed E-state index contributed by atoms with van der Waals surface area (Å²) in [5.74, 6) is 2.37. The van der Waals surface area contributed by atoms with Crippen LogP contribution in [0.2, 0.25) is 0 Å². The van der Waals surface area contributed by atoms with Gasteiger partial charge in [0.2, 0.25) is 0 Å². The van der Waals surface area contributed by atoms with Gasteiger partial charge in [0, 0.05) is 61.0 Å². The molecule has 0 amide bonds. The third kappa shape index (κ3) is 8.13. The first-order chi connectivity index (χ1) is 24.1. The maximum Gasteiger partial charge on any atom is 0.157 e. The summed E-state index contributed by atoms with van der Waals surface area (Å²) in [4.78, 5) is 22.2. The second kappa shape index (κ2) is 17.6. The summed E-state index contributed by atoms with van der Waals surface area (Å²) >= 11 is 0. The molecule has 0 atom stereocenters. The van der Waals surface area contributed by atoms with Crippen molar-refractivity contribution in [2.24, 2.45) is 18.9 Å². The van der Waals surface area contributed by atoms with E-state index in [9.17, 15) is 4.79 Å². The Kier molecular flexibility index (Phi) is 13.8. The van der Waals surface area contributed by atoms with E-state index in [1.54, 1.807) is 13.1 Å². The van der Waals surface area contributed by atoms with E-state index in [4.69, 9.17) is 9.97 Å². The number of hydrogen-bond acceptors (Lipinski definition) is 3. The van der Waals surface area contributed by atoms with Crippen LogP contribution < -0.4 is 0 Å². The Morgan fingerprint density at radius 3 is 1.96 bits per heavy atom. The number of allylic oxidation sites excluding steroid dienone is 2. The number of fused-ring (bicyclic) bond motifs is 5. The molecule has 6 aromatic rings. The molecule has 6 rings (SSSR count). The monoisotopic (exact) mass is 859 g/mol. The summed E-state index contributed by atoms with van der Waals surface area (Å²) in [5.41, 5.74) is 6.47. The van der Waals surface area contributed by atoms with Crippen LogP contribution in [-0.4, -0.2) is 27.4 Å². The molecule has 0 saturated heterocycles. The minimum Gasteiger partial charge on any atom is -0.690 e. The van der Waals surface area contributed by atoms with Gasteiger partial charge in [-0.25, -0.2) is 4.98 Å². The summed E-state index contributed by atoms with van der Waals surface area (Å²) in [5, 5.41) is 11.5. The first kappa shape index (κ1) is 39.9. The minimum atomic E-state index is 0. The number of aryl methyl sites for hydroxylation is 1. The second-order valence-electron chi connectivity index (χ2n) is 14.1. The van der Waals surface area contributed by atoms with Gasteiger partial charge < -0.3 is 9.88 Å². The van der Waals surface area contributed by atoms with Crippen molar-refractivity contribution in [2.45, 2.75) is 92.9 Å². The van der Waals surface area contributed by atoms with Crippen molar-refractivity contribution in [3.63, 3.8) is 0 Å². The third-order valence-corrected chi connectivity index (χ3v) is 10.3. The summed E-state index contributed by atoms with van der Waals surface area (Å²) in [6.45, 7) is 17.2. The Hall–Kier alpha value is -3.86. The largest absolute Gasteiger partial charge is 0.690 e. The van der Waals surface area contributed by atoms with Crippen LogP contribution in [0.15, 0.2) is 78.5 Å². The minimum absolute atomic E-state index is 0. The number of ketones is 1. The Labute approximate surface area is 318 Å². The van der Waals surface area contributed by atoms with Gasteiger partial charge >= 0.3 is 0 Å². The van der Waals surface area contributed by atoms with Crippen LogP contribution in [0.5, 0.6) is 0 Å². The van der Waals surface area contributed by atoms with Crippen LogP contribution in [-0.2, 0) is 31.9 Å². The first-order valence-corrected chi connectivity index (χ1v) is 18.6. The van der Waals surface area contributed by atoms with E-state index in [1.165, 1.54) is 38.0 Å². The molecule has 0 saturated carbocycles. The van der Waals surface area contributed by atoms with Crippen LogP contribution in [0.25, 0.3) is 60.1 Å². The predicted octanol–water partition coefficient (Wildman–Crippen LogP) is 12.5. The number of carbonyl (C=O) groups is 1. The van der Waals surface area contributed by atoms with Crippen molar-refractivity contribution in [3.05, 3.63) is 101 Å². The number of aromatic nitrogens is 3. The molecule has 0 fully saturated rings. The quantitative estimate of drug-likeness (QED) is 0.0963. The van der Waals surface area contributed by atoms with Crippen LogP contribution in [0.4, 0.5) is 0 Å². The van der Waals surface area contributed by atoms with Gasteiger partial charge in [0.1, 0.15) is 11.5 Å². The molecule has 0 unspecified atom stereocenters. The molecule has 51 heavy (non-hydrogen) atoms. The zero-order valence-electron chi connectivity index (χ0n) is 32.1. The van der Waals surface area contributed by atoms with E-state index in [0.717, 1.165) is 59.5 Å². The van der Waals surface area contributed by atoms with Crippen LogP contribution in [0, 0.1) is 17.9 Å². The normalized spacial score (nSPS) is 12.0. The van der Waals surface area contributed by atoms with Gasteiger partial charge in [-0.05, 0) is 47.7 Å². The molecular formula is C45H54IrN4O-2. The van der Waals surface area contributed by atoms with Gasteiger partial charge in [0.15, 0.2) is 5.78 Å². The first-order valence-electron chi connectivity index (χ1n) is 18.6. The van der Waals surface area contributed by atoms with E-state index in [-0.39, 0.29) is 37.7 Å². The molecular weight excluding hydrogens is 805 g/mol. The fraction of sp³-hybridized carbons (Fsp3) is 0.400. The number of rotatable bonds is 11. The van der Waals surface area contributed by atoms with Crippen LogP contribution >= 0.6 is 0 Å². The zero-order chi connectivity index (χ0) is 36.1. The van der Waals surface area contributed by atoms with E-state index in [2.05, 4.69) is 145 Å². The van der Waals surface area contributed by atoms with Crippen LogP contribution in [0.3, 0.4) is 0 Å². The Morgan fingerprint density at radius 2 is 1.39 bits per heavy atom. The van der Waals surface area contributed by atoms with Gasteiger partial charge in [0.05, 0.1) is 0 Å². The van der Waals surface area contributed by atoms with Crippen molar-refractivity contribution < 1.29 is 24.9 Å². The van der Waals surface area contributed by atoms with Crippen molar-refractivity contribution in [1.29, 1.82) is 0 Å². The number of hydrogen-bond donors (Lipinski definition) is 0. The Bertz CT molecular complexity index is 2150. The van der Waals surface area contributed by atoms with Gasteiger partial charge in [-0.3, -0.25) is 9.78 Å². The van der Waals surface area contributed by atoms with Gasteiger partial charge in [-0.15, -0.1) is 30.3 Å². The third-order valence-electron chi connectivity index (χ3n) is 10.3. The fourth-order valence-electron chi connectivity index (χ4n) is 7.17. The number of nitrogens with zero attached hydrogens (tertiary/aromatic N) is 4. The average Bonchev–Trinajstić information content (AvgIpc) is 3.40. The summed E-state index contributed by atoms with van der Waals surface area (Å²) < 4.78 is 2.22. The SMILES string of the molecule is CC(C)c1nc(-c2[c-]cc(C(C)C)c3ccccc23)c2c3cc4ccccc4cc3n(C)c2n1.CCC(CC)C(=O)/C=C(\[N-]C)C(CC)CC.[Ir]. The molecule has 0 aliphatic carbocycles. The maximum atomic E-state index is 12.0. The Balaban J connectivity index is 0.000000294. The molecule has 0 spiro atoms. The van der Waals surface area contributed by atoms with Crippen molar-refractivity contribution >= 4 is 49.3 Å². The topological polar surface area (TPSA) is 61.9 Å². The molecule has 271 valence electrons.